The summed E-state index contributed by atoms with van der Waals surface area (Å²) in [6.45, 7) is 5.31. The van der Waals surface area contributed by atoms with Gasteiger partial charge in [-0.1, -0.05) is 22.9 Å². The highest BCUT2D eigenvalue weighted by molar-refractivity contribution is 7.15. The molecular weight excluding hydrogens is 348 g/mol. The number of carbonyl (C=O) groups excluding carboxylic acids is 1. The molecule has 1 aliphatic rings. The number of hydrogen-bond acceptors (Lipinski definition) is 6. The summed E-state index contributed by atoms with van der Waals surface area (Å²) >= 11 is 7.41. The van der Waals surface area contributed by atoms with Crippen molar-refractivity contribution in [3.63, 3.8) is 0 Å². The Morgan fingerprint density at radius 2 is 1.92 bits per heavy atom. The van der Waals surface area contributed by atoms with E-state index in [1.54, 1.807) is 35.6 Å². The fourth-order valence-electron chi connectivity index (χ4n) is 2.51. The third-order valence-electron chi connectivity index (χ3n) is 3.82. The van der Waals surface area contributed by atoms with Gasteiger partial charge in [-0.05, 0) is 31.2 Å². The Morgan fingerprint density at radius 1 is 1.21 bits per heavy atom. The van der Waals surface area contributed by atoms with Crippen LogP contribution in [0.3, 0.4) is 0 Å². The second kappa shape index (κ2) is 7.81. The number of nitrogens with zero attached hydrogens (tertiary/aromatic N) is 4. The Balaban J connectivity index is 1.41. The Bertz CT molecular complexity index is 684. The number of benzene rings is 1. The zero-order valence-electron chi connectivity index (χ0n) is 13.4. The summed E-state index contributed by atoms with van der Waals surface area (Å²) in [5.74, 6) is 0.848. The van der Waals surface area contributed by atoms with E-state index < -0.39 is 0 Å². The summed E-state index contributed by atoms with van der Waals surface area (Å²) in [5, 5.41) is 10.8. The first kappa shape index (κ1) is 17.0. The predicted molar refractivity (Wildman–Crippen MR) is 95.0 cm³/mol. The van der Waals surface area contributed by atoms with Gasteiger partial charge in [-0.2, -0.15) is 0 Å². The molecule has 1 amide bonds. The normalized spacial score (nSPS) is 14.8. The fourth-order valence-corrected chi connectivity index (χ4v) is 3.37. The summed E-state index contributed by atoms with van der Waals surface area (Å²) < 4.78 is 5.58. The molecule has 6 nitrogen and oxygen atoms in total. The highest BCUT2D eigenvalue weighted by Gasteiger charge is 2.22. The van der Waals surface area contributed by atoms with Gasteiger partial charge in [0.05, 0.1) is 13.0 Å². The highest BCUT2D eigenvalue weighted by Crippen LogP contribution is 2.21. The molecule has 1 aliphatic heterocycles. The Labute approximate surface area is 150 Å². The summed E-state index contributed by atoms with van der Waals surface area (Å²) in [6, 6.07) is 7.14. The molecule has 128 valence electrons. The topological polar surface area (TPSA) is 58.6 Å². The van der Waals surface area contributed by atoms with Crippen molar-refractivity contribution in [3.05, 3.63) is 34.3 Å². The van der Waals surface area contributed by atoms with Crippen LogP contribution in [0.1, 0.15) is 11.4 Å². The molecule has 1 aromatic heterocycles. The van der Waals surface area contributed by atoms with E-state index in [-0.39, 0.29) is 5.91 Å². The first-order valence-electron chi connectivity index (χ1n) is 7.83. The molecule has 1 saturated heterocycles. The molecular formula is C16H19ClN4O2S. The first-order valence-corrected chi connectivity index (χ1v) is 9.02. The largest absolute Gasteiger partial charge is 0.493 e. The van der Waals surface area contributed by atoms with Crippen molar-refractivity contribution in [3.8, 4) is 5.75 Å². The van der Waals surface area contributed by atoms with Gasteiger partial charge in [-0.3, -0.25) is 4.79 Å². The van der Waals surface area contributed by atoms with Crippen LogP contribution >= 0.6 is 22.9 Å². The fraction of sp³-hybridized carbons (Fsp3) is 0.438. The lowest BCUT2D eigenvalue weighted by molar-refractivity contribution is -0.132. The van der Waals surface area contributed by atoms with E-state index in [4.69, 9.17) is 16.3 Å². The third kappa shape index (κ3) is 4.36. The molecule has 0 bridgehead atoms. The second-order valence-corrected chi connectivity index (χ2v) is 7.12. The minimum atomic E-state index is 0.122. The van der Waals surface area contributed by atoms with Gasteiger partial charge in [-0.25, -0.2) is 0 Å². The zero-order chi connectivity index (χ0) is 16.9. The molecule has 0 atom stereocenters. The van der Waals surface area contributed by atoms with Crippen LogP contribution in [0.4, 0.5) is 5.13 Å². The molecule has 0 radical (unpaired) electrons. The number of amides is 1. The lowest BCUT2D eigenvalue weighted by Crippen LogP contribution is -2.49. The number of ether oxygens (including phenoxy) is 1. The van der Waals surface area contributed by atoms with E-state index >= 15 is 0 Å². The summed E-state index contributed by atoms with van der Waals surface area (Å²) in [7, 11) is 0. The molecule has 0 aliphatic carbocycles. The number of aromatic nitrogens is 2. The molecule has 0 unspecified atom stereocenters. The van der Waals surface area contributed by atoms with Crippen molar-refractivity contribution >= 4 is 34.0 Å². The van der Waals surface area contributed by atoms with Gasteiger partial charge >= 0.3 is 0 Å². The maximum atomic E-state index is 12.3. The number of halogens is 1. The monoisotopic (exact) mass is 366 g/mol. The van der Waals surface area contributed by atoms with Crippen LogP contribution in [0.2, 0.25) is 5.02 Å². The number of hydrogen-bond donors (Lipinski definition) is 0. The number of piperazine rings is 1. The smallest absolute Gasteiger partial charge is 0.226 e. The van der Waals surface area contributed by atoms with E-state index in [1.807, 2.05) is 11.8 Å². The Hall–Kier alpha value is -1.86. The zero-order valence-corrected chi connectivity index (χ0v) is 15.0. The van der Waals surface area contributed by atoms with Crippen LogP contribution in [0, 0.1) is 6.92 Å². The van der Waals surface area contributed by atoms with Crippen molar-refractivity contribution in [1.82, 2.24) is 15.1 Å². The quantitative estimate of drug-likeness (QED) is 0.814. The first-order chi connectivity index (χ1) is 11.6. The third-order valence-corrected chi connectivity index (χ3v) is 4.97. The van der Waals surface area contributed by atoms with Gasteiger partial charge in [0.15, 0.2) is 0 Å². The van der Waals surface area contributed by atoms with E-state index in [1.165, 1.54) is 0 Å². The average molecular weight is 367 g/mol. The number of aryl methyl sites for hydroxylation is 1. The van der Waals surface area contributed by atoms with Crippen LogP contribution in [-0.4, -0.2) is 53.8 Å². The Morgan fingerprint density at radius 3 is 2.54 bits per heavy atom. The standard InChI is InChI=1S/C16H19ClN4O2S/c1-12-18-19-16(24-12)21-9-7-20(8-10-21)15(22)6-11-23-14-4-2-13(17)3-5-14/h2-5H,6-11H2,1H3. The van der Waals surface area contributed by atoms with Crippen molar-refractivity contribution in [2.24, 2.45) is 0 Å². The highest BCUT2D eigenvalue weighted by atomic mass is 35.5. The van der Waals surface area contributed by atoms with Gasteiger partial charge in [-0.15, -0.1) is 10.2 Å². The molecule has 24 heavy (non-hydrogen) atoms. The molecule has 8 heteroatoms. The van der Waals surface area contributed by atoms with E-state index in [0.717, 1.165) is 29.0 Å². The number of anilines is 1. The number of rotatable bonds is 5. The van der Waals surface area contributed by atoms with Gasteiger partial charge in [0.2, 0.25) is 11.0 Å². The second-order valence-electron chi connectivity index (χ2n) is 5.52. The van der Waals surface area contributed by atoms with Crippen LogP contribution in [0.25, 0.3) is 0 Å². The van der Waals surface area contributed by atoms with Crippen LogP contribution in [0.15, 0.2) is 24.3 Å². The van der Waals surface area contributed by atoms with Gasteiger partial charge in [0.25, 0.3) is 0 Å². The van der Waals surface area contributed by atoms with Gasteiger partial charge in [0.1, 0.15) is 10.8 Å². The summed E-state index contributed by atoms with van der Waals surface area (Å²) in [5.41, 5.74) is 0. The number of carbonyl (C=O) groups is 1. The summed E-state index contributed by atoms with van der Waals surface area (Å²) in [4.78, 5) is 16.3. The minimum absolute atomic E-state index is 0.122. The maximum Gasteiger partial charge on any atom is 0.226 e. The molecule has 2 aromatic rings. The predicted octanol–water partition coefficient (Wildman–Crippen LogP) is 2.62. The minimum Gasteiger partial charge on any atom is -0.493 e. The van der Waals surface area contributed by atoms with Crippen molar-refractivity contribution < 1.29 is 9.53 Å². The van der Waals surface area contributed by atoms with E-state index in [2.05, 4.69) is 15.1 Å². The van der Waals surface area contributed by atoms with E-state index in [9.17, 15) is 4.79 Å². The van der Waals surface area contributed by atoms with Crippen molar-refractivity contribution in [2.75, 3.05) is 37.7 Å². The molecule has 0 saturated carbocycles. The molecule has 0 spiro atoms. The molecule has 0 N–H and O–H groups in total. The van der Waals surface area contributed by atoms with Gasteiger partial charge in [0, 0.05) is 31.2 Å². The molecule has 1 fully saturated rings. The van der Waals surface area contributed by atoms with E-state index in [0.29, 0.717) is 31.1 Å². The van der Waals surface area contributed by atoms with Crippen LogP contribution in [-0.2, 0) is 4.79 Å². The molecule has 2 heterocycles. The van der Waals surface area contributed by atoms with Crippen LogP contribution in [0.5, 0.6) is 5.75 Å². The Kier molecular flexibility index (Phi) is 5.52. The lowest BCUT2D eigenvalue weighted by atomic mass is 10.3. The van der Waals surface area contributed by atoms with Crippen LogP contribution < -0.4 is 9.64 Å². The maximum absolute atomic E-state index is 12.3. The van der Waals surface area contributed by atoms with Crippen molar-refractivity contribution in [2.45, 2.75) is 13.3 Å². The molecule has 1 aromatic carbocycles. The average Bonchev–Trinajstić information content (AvgIpc) is 3.03. The SMILES string of the molecule is Cc1nnc(N2CCN(C(=O)CCOc3ccc(Cl)cc3)CC2)s1. The molecule has 3 rings (SSSR count). The lowest BCUT2D eigenvalue weighted by Gasteiger charge is -2.34. The van der Waals surface area contributed by atoms with Crippen molar-refractivity contribution in [1.29, 1.82) is 0 Å². The summed E-state index contributed by atoms with van der Waals surface area (Å²) in [6.07, 6.45) is 0.376. The van der Waals surface area contributed by atoms with Gasteiger partial charge < -0.3 is 14.5 Å².